The van der Waals surface area contributed by atoms with Crippen LogP contribution in [-0.2, 0) is 17.1 Å². The van der Waals surface area contributed by atoms with Gasteiger partial charge in [-0.2, -0.15) is 17.9 Å². The molecule has 1 heterocycles. The number of hydrogen-bond acceptors (Lipinski definition) is 2. The Morgan fingerprint density at radius 2 is 2.00 bits per heavy atom. The molecule has 0 radical (unpaired) electrons. The molecule has 1 N–H and O–H groups in total. The molecule has 1 atom stereocenters. The SMILES string of the molecule is CC[C@H](NS(=O)(=O)c1cc(C)n(C)c1)C(F)(F)F. The van der Waals surface area contributed by atoms with Crippen LogP contribution in [0.5, 0.6) is 0 Å². The van der Waals surface area contributed by atoms with E-state index >= 15 is 0 Å². The van der Waals surface area contributed by atoms with Crippen molar-refractivity contribution in [2.75, 3.05) is 0 Å². The summed E-state index contributed by atoms with van der Waals surface area (Å²) in [7, 11) is -2.53. The Kier molecular flexibility index (Phi) is 4.12. The van der Waals surface area contributed by atoms with E-state index in [0.717, 1.165) is 0 Å². The zero-order valence-electron chi connectivity index (χ0n) is 10.2. The van der Waals surface area contributed by atoms with Crippen LogP contribution in [-0.4, -0.2) is 25.2 Å². The third kappa shape index (κ3) is 3.26. The highest BCUT2D eigenvalue weighted by Gasteiger charge is 2.41. The lowest BCUT2D eigenvalue weighted by atomic mass is 10.2. The summed E-state index contributed by atoms with van der Waals surface area (Å²) in [4.78, 5) is -0.162. The van der Waals surface area contributed by atoms with Crippen molar-refractivity contribution in [3.8, 4) is 0 Å². The van der Waals surface area contributed by atoms with Crippen molar-refractivity contribution in [1.82, 2.24) is 9.29 Å². The average Bonchev–Trinajstić information content (AvgIpc) is 2.55. The molecule has 0 fully saturated rings. The molecule has 4 nitrogen and oxygen atoms in total. The Morgan fingerprint density at radius 3 is 2.33 bits per heavy atom. The molecule has 1 aromatic heterocycles. The summed E-state index contributed by atoms with van der Waals surface area (Å²) in [5, 5.41) is 0. The van der Waals surface area contributed by atoms with Gasteiger partial charge in [-0.15, -0.1) is 0 Å². The molecule has 18 heavy (non-hydrogen) atoms. The smallest absolute Gasteiger partial charge is 0.353 e. The first-order chi connectivity index (χ1) is 8.08. The quantitative estimate of drug-likeness (QED) is 0.918. The van der Waals surface area contributed by atoms with Crippen LogP contribution in [0, 0.1) is 6.92 Å². The molecule has 104 valence electrons. The number of nitrogens with one attached hydrogen (secondary N) is 1. The highest BCUT2D eigenvalue weighted by Crippen LogP contribution is 2.24. The van der Waals surface area contributed by atoms with Gasteiger partial charge in [0.15, 0.2) is 0 Å². The largest absolute Gasteiger partial charge is 0.404 e. The summed E-state index contributed by atoms with van der Waals surface area (Å²) in [5.41, 5.74) is 0.649. The second-order valence-electron chi connectivity index (χ2n) is 4.05. The maximum Gasteiger partial charge on any atom is 0.404 e. The highest BCUT2D eigenvalue weighted by atomic mass is 32.2. The summed E-state index contributed by atoms with van der Waals surface area (Å²) < 4.78 is 64.3. The van der Waals surface area contributed by atoms with E-state index in [2.05, 4.69) is 0 Å². The number of aromatic nitrogens is 1. The van der Waals surface area contributed by atoms with E-state index in [9.17, 15) is 21.6 Å². The molecule has 0 bridgehead atoms. The predicted octanol–water partition coefficient (Wildman–Crippen LogP) is 1.95. The molecule has 8 heteroatoms. The average molecular weight is 284 g/mol. The van der Waals surface area contributed by atoms with Crippen LogP contribution in [0.3, 0.4) is 0 Å². The fraction of sp³-hybridized carbons (Fsp3) is 0.600. The summed E-state index contributed by atoms with van der Waals surface area (Å²) in [6, 6.07) is -0.742. The molecule has 0 aliphatic heterocycles. The lowest BCUT2D eigenvalue weighted by Crippen LogP contribution is -2.44. The number of halogens is 3. The summed E-state index contributed by atoms with van der Waals surface area (Å²) in [6.07, 6.45) is -3.67. The van der Waals surface area contributed by atoms with Crippen LogP contribution in [0.1, 0.15) is 19.0 Å². The van der Waals surface area contributed by atoms with E-state index < -0.39 is 22.2 Å². The Balaban J connectivity index is 3.01. The molecule has 0 unspecified atom stereocenters. The summed E-state index contributed by atoms with van der Waals surface area (Å²) >= 11 is 0. The van der Waals surface area contributed by atoms with Gasteiger partial charge in [-0.05, 0) is 19.4 Å². The van der Waals surface area contributed by atoms with Crippen molar-refractivity contribution in [2.24, 2.45) is 7.05 Å². The van der Waals surface area contributed by atoms with Gasteiger partial charge in [-0.3, -0.25) is 0 Å². The predicted molar refractivity (Wildman–Crippen MR) is 60.6 cm³/mol. The fourth-order valence-electron chi connectivity index (χ4n) is 1.42. The van der Waals surface area contributed by atoms with Gasteiger partial charge in [-0.25, -0.2) is 8.42 Å². The third-order valence-electron chi connectivity index (χ3n) is 2.64. The third-order valence-corrected chi connectivity index (χ3v) is 4.08. The number of hydrogen-bond donors (Lipinski definition) is 1. The van der Waals surface area contributed by atoms with Crippen LogP contribution in [0.2, 0.25) is 0 Å². The summed E-state index contributed by atoms with van der Waals surface area (Å²) in [6.45, 7) is 2.94. The Bertz CT molecular complexity index is 500. The number of rotatable bonds is 4. The maximum atomic E-state index is 12.5. The second-order valence-corrected chi connectivity index (χ2v) is 5.77. The van der Waals surface area contributed by atoms with E-state index in [4.69, 9.17) is 0 Å². The van der Waals surface area contributed by atoms with Crippen molar-refractivity contribution >= 4 is 10.0 Å². The van der Waals surface area contributed by atoms with Gasteiger partial charge >= 0.3 is 6.18 Å². The van der Waals surface area contributed by atoms with Crippen molar-refractivity contribution in [3.05, 3.63) is 18.0 Å². The molecule has 0 aliphatic carbocycles. The van der Waals surface area contributed by atoms with E-state index in [-0.39, 0.29) is 11.3 Å². The Labute approximate surface area is 104 Å². The Hall–Kier alpha value is -1.02. The molecule has 1 rings (SSSR count). The lowest BCUT2D eigenvalue weighted by molar-refractivity contribution is -0.151. The molecule has 0 saturated heterocycles. The van der Waals surface area contributed by atoms with Crippen LogP contribution in [0.25, 0.3) is 0 Å². The molecule has 1 aromatic rings. The molecule has 0 spiro atoms. The highest BCUT2D eigenvalue weighted by molar-refractivity contribution is 7.89. The minimum Gasteiger partial charge on any atom is -0.353 e. The maximum absolute atomic E-state index is 12.5. The molecular weight excluding hydrogens is 269 g/mol. The van der Waals surface area contributed by atoms with Crippen molar-refractivity contribution in [3.63, 3.8) is 0 Å². The minimum atomic E-state index is -4.59. The zero-order chi connectivity index (χ0) is 14.1. The van der Waals surface area contributed by atoms with E-state index in [1.165, 1.54) is 23.8 Å². The Morgan fingerprint density at radius 1 is 1.44 bits per heavy atom. The molecular formula is C10H15F3N2O2S. The lowest BCUT2D eigenvalue weighted by Gasteiger charge is -2.19. The normalized spacial score (nSPS) is 14.8. The van der Waals surface area contributed by atoms with E-state index in [0.29, 0.717) is 5.69 Å². The van der Waals surface area contributed by atoms with Gasteiger partial charge < -0.3 is 4.57 Å². The van der Waals surface area contributed by atoms with Gasteiger partial charge in [-0.1, -0.05) is 6.92 Å². The summed E-state index contributed by atoms with van der Waals surface area (Å²) in [5.74, 6) is 0. The number of aryl methyl sites for hydroxylation is 2. The van der Waals surface area contributed by atoms with E-state index in [1.54, 1.807) is 18.7 Å². The van der Waals surface area contributed by atoms with Crippen LogP contribution in [0.15, 0.2) is 17.2 Å². The second kappa shape index (κ2) is 4.93. The topological polar surface area (TPSA) is 51.1 Å². The van der Waals surface area contributed by atoms with Crippen molar-refractivity contribution in [1.29, 1.82) is 0 Å². The van der Waals surface area contributed by atoms with Crippen molar-refractivity contribution in [2.45, 2.75) is 37.4 Å². The fourth-order valence-corrected chi connectivity index (χ4v) is 2.86. The first kappa shape index (κ1) is 15.0. The van der Waals surface area contributed by atoms with Crippen molar-refractivity contribution < 1.29 is 21.6 Å². The monoisotopic (exact) mass is 284 g/mol. The van der Waals surface area contributed by atoms with Gasteiger partial charge in [0.05, 0.1) is 4.90 Å². The van der Waals surface area contributed by atoms with Crippen LogP contribution < -0.4 is 4.72 Å². The molecule has 0 saturated carbocycles. The zero-order valence-corrected chi connectivity index (χ0v) is 11.1. The van der Waals surface area contributed by atoms with Gasteiger partial charge in [0.25, 0.3) is 0 Å². The molecule has 0 aromatic carbocycles. The van der Waals surface area contributed by atoms with E-state index in [1.807, 2.05) is 0 Å². The number of alkyl halides is 3. The molecule has 0 aliphatic rings. The van der Waals surface area contributed by atoms with Gasteiger partial charge in [0.1, 0.15) is 6.04 Å². The van der Waals surface area contributed by atoms with Crippen LogP contribution >= 0.6 is 0 Å². The molecule has 0 amide bonds. The number of sulfonamides is 1. The first-order valence-corrected chi connectivity index (χ1v) is 6.78. The minimum absolute atomic E-state index is 0.162. The van der Waals surface area contributed by atoms with Gasteiger partial charge in [0.2, 0.25) is 10.0 Å². The standard InChI is InChI=1S/C10H15F3N2O2S/c1-4-9(10(11,12)13)14-18(16,17)8-5-7(2)15(3)6-8/h5-6,9,14H,4H2,1-3H3/t9-/m0/s1. The first-order valence-electron chi connectivity index (χ1n) is 5.30. The van der Waals surface area contributed by atoms with Crippen LogP contribution in [0.4, 0.5) is 13.2 Å². The van der Waals surface area contributed by atoms with Gasteiger partial charge in [0, 0.05) is 18.9 Å². The number of nitrogens with zero attached hydrogens (tertiary/aromatic N) is 1.